The maximum Gasteiger partial charge on any atom is 0.173 e. The fraction of sp³-hybridized carbons (Fsp3) is 0.118. The van der Waals surface area contributed by atoms with E-state index in [9.17, 15) is 0 Å². The molecule has 0 unspecified atom stereocenters. The van der Waals surface area contributed by atoms with E-state index in [1.807, 2.05) is 49.5 Å². The van der Waals surface area contributed by atoms with Crippen molar-refractivity contribution in [1.29, 1.82) is 0 Å². The Labute approximate surface area is 132 Å². The second-order valence-corrected chi connectivity index (χ2v) is 5.27. The molecule has 6 heteroatoms. The standard InChI is InChI=1S/C17H15N5O/c1-12(15-9-13-5-2-3-6-14(13)23-15)20-16-10-18-11-17(21-16)22-8-4-7-19-22/h2-12H,1H3,(H,20,21)/t12-/m1/s1. The number of rotatable bonds is 4. The van der Waals surface area contributed by atoms with Crippen LogP contribution >= 0.6 is 0 Å². The molecule has 0 aliphatic rings. The van der Waals surface area contributed by atoms with E-state index in [0.717, 1.165) is 16.7 Å². The van der Waals surface area contributed by atoms with Gasteiger partial charge in [0.15, 0.2) is 5.82 Å². The van der Waals surface area contributed by atoms with Crippen LogP contribution in [0.15, 0.2) is 65.6 Å². The lowest BCUT2D eigenvalue weighted by Crippen LogP contribution is -2.09. The molecule has 0 amide bonds. The van der Waals surface area contributed by atoms with Gasteiger partial charge in [0, 0.05) is 17.8 Å². The summed E-state index contributed by atoms with van der Waals surface area (Å²) in [6, 6.07) is 11.8. The summed E-state index contributed by atoms with van der Waals surface area (Å²) in [4.78, 5) is 8.73. The van der Waals surface area contributed by atoms with Crippen LogP contribution in [0.5, 0.6) is 0 Å². The Kier molecular flexibility index (Phi) is 3.27. The van der Waals surface area contributed by atoms with E-state index >= 15 is 0 Å². The molecule has 0 fully saturated rings. The van der Waals surface area contributed by atoms with E-state index in [4.69, 9.17) is 4.42 Å². The summed E-state index contributed by atoms with van der Waals surface area (Å²) in [7, 11) is 0. The highest BCUT2D eigenvalue weighted by Crippen LogP contribution is 2.25. The van der Waals surface area contributed by atoms with Crippen LogP contribution in [0.25, 0.3) is 16.8 Å². The third kappa shape index (κ3) is 2.66. The molecule has 3 heterocycles. The first-order chi connectivity index (χ1) is 11.3. The number of hydrogen-bond donors (Lipinski definition) is 1. The van der Waals surface area contributed by atoms with Crippen molar-refractivity contribution < 1.29 is 4.42 Å². The third-order valence-electron chi connectivity index (χ3n) is 3.60. The molecule has 6 nitrogen and oxygen atoms in total. The third-order valence-corrected chi connectivity index (χ3v) is 3.60. The number of furan rings is 1. The number of aromatic nitrogens is 4. The molecule has 0 aliphatic heterocycles. The van der Waals surface area contributed by atoms with Gasteiger partial charge in [-0.3, -0.25) is 4.98 Å². The van der Waals surface area contributed by atoms with Gasteiger partial charge in [-0.1, -0.05) is 18.2 Å². The van der Waals surface area contributed by atoms with Crippen LogP contribution in [0.3, 0.4) is 0 Å². The van der Waals surface area contributed by atoms with Gasteiger partial charge in [0.05, 0.1) is 18.4 Å². The molecule has 0 saturated carbocycles. The van der Waals surface area contributed by atoms with Gasteiger partial charge in [-0.15, -0.1) is 0 Å². The number of para-hydroxylation sites is 1. The number of hydrogen-bond acceptors (Lipinski definition) is 5. The molecule has 0 radical (unpaired) electrons. The van der Waals surface area contributed by atoms with E-state index in [1.165, 1.54) is 0 Å². The van der Waals surface area contributed by atoms with Crippen molar-refractivity contribution >= 4 is 16.8 Å². The van der Waals surface area contributed by atoms with E-state index in [1.54, 1.807) is 23.3 Å². The molecule has 3 aromatic heterocycles. The van der Waals surface area contributed by atoms with E-state index in [-0.39, 0.29) is 6.04 Å². The normalized spacial score (nSPS) is 12.4. The second kappa shape index (κ2) is 5.57. The summed E-state index contributed by atoms with van der Waals surface area (Å²) in [6.45, 7) is 2.03. The van der Waals surface area contributed by atoms with Gasteiger partial charge < -0.3 is 9.73 Å². The van der Waals surface area contributed by atoms with Gasteiger partial charge in [0.25, 0.3) is 0 Å². The average Bonchev–Trinajstić information content (AvgIpc) is 3.24. The number of nitrogens with one attached hydrogen (secondary N) is 1. The van der Waals surface area contributed by atoms with Gasteiger partial charge in [0.1, 0.15) is 17.2 Å². The summed E-state index contributed by atoms with van der Waals surface area (Å²) >= 11 is 0. The number of fused-ring (bicyclic) bond motifs is 1. The Bertz CT molecular complexity index is 896. The van der Waals surface area contributed by atoms with E-state index < -0.39 is 0 Å². The highest BCUT2D eigenvalue weighted by atomic mass is 16.3. The first-order valence-electron chi connectivity index (χ1n) is 7.37. The van der Waals surface area contributed by atoms with E-state index in [0.29, 0.717) is 11.6 Å². The molecule has 1 atom stereocenters. The molecular weight excluding hydrogens is 290 g/mol. The predicted octanol–water partition coefficient (Wildman–Crippen LogP) is 3.58. The van der Waals surface area contributed by atoms with Gasteiger partial charge >= 0.3 is 0 Å². The monoisotopic (exact) mass is 305 g/mol. The molecule has 4 aromatic rings. The molecule has 0 aliphatic carbocycles. The van der Waals surface area contributed by atoms with Gasteiger partial charge in [-0.05, 0) is 25.1 Å². The first kappa shape index (κ1) is 13.5. The van der Waals surface area contributed by atoms with Crippen molar-refractivity contribution in [2.45, 2.75) is 13.0 Å². The molecule has 0 spiro atoms. The Morgan fingerprint density at radius 1 is 1.17 bits per heavy atom. The zero-order valence-electron chi connectivity index (χ0n) is 12.5. The Morgan fingerprint density at radius 2 is 2.09 bits per heavy atom. The molecule has 1 N–H and O–H groups in total. The summed E-state index contributed by atoms with van der Waals surface area (Å²) in [6.07, 6.45) is 6.89. The molecule has 1 aromatic carbocycles. The lowest BCUT2D eigenvalue weighted by Gasteiger charge is -2.12. The Hall–Kier alpha value is -3.15. The van der Waals surface area contributed by atoms with Crippen LogP contribution in [0.4, 0.5) is 5.82 Å². The highest BCUT2D eigenvalue weighted by molar-refractivity contribution is 5.77. The van der Waals surface area contributed by atoms with Crippen molar-refractivity contribution in [2.75, 3.05) is 5.32 Å². The van der Waals surface area contributed by atoms with Gasteiger partial charge in [0.2, 0.25) is 0 Å². The van der Waals surface area contributed by atoms with Crippen LogP contribution in [0.2, 0.25) is 0 Å². The molecule has 0 bridgehead atoms. The van der Waals surface area contributed by atoms with Crippen molar-refractivity contribution in [1.82, 2.24) is 19.7 Å². The minimum absolute atomic E-state index is 0.0235. The fourth-order valence-corrected chi connectivity index (χ4v) is 2.45. The van der Waals surface area contributed by atoms with Crippen LogP contribution in [-0.4, -0.2) is 19.7 Å². The van der Waals surface area contributed by atoms with Gasteiger partial charge in [-0.25, -0.2) is 9.67 Å². The van der Waals surface area contributed by atoms with Crippen molar-refractivity contribution in [3.63, 3.8) is 0 Å². The molecule has 23 heavy (non-hydrogen) atoms. The van der Waals surface area contributed by atoms with Crippen LogP contribution in [0, 0.1) is 0 Å². The minimum Gasteiger partial charge on any atom is -0.459 e. The molecule has 0 saturated heterocycles. The van der Waals surface area contributed by atoms with Gasteiger partial charge in [-0.2, -0.15) is 5.10 Å². The summed E-state index contributed by atoms with van der Waals surface area (Å²) in [5, 5.41) is 8.56. The van der Waals surface area contributed by atoms with Crippen LogP contribution in [-0.2, 0) is 0 Å². The number of nitrogens with zero attached hydrogens (tertiary/aromatic N) is 4. The maximum absolute atomic E-state index is 5.88. The van der Waals surface area contributed by atoms with Crippen molar-refractivity contribution in [2.24, 2.45) is 0 Å². The summed E-state index contributed by atoms with van der Waals surface area (Å²) < 4.78 is 7.55. The smallest absolute Gasteiger partial charge is 0.173 e. The molecule has 114 valence electrons. The molecule has 4 rings (SSSR count). The zero-order valence-corrected chi connectivity index (χ0v) is 12.5. The predicted molar refractivity (Wildman–Crippen MR) is 87.4 cm³/mol. The van der Waals surface area contributed by atoms with Crippen molar-refractivity contribution in [3.05, 3.63) is 66.9 Å². The van der Waals surface area contributed by atoms with Crippen molar-refractivity contribution in [3.8, 4) is 5.82 Å². The summed E-state index contributed by atoms with van der Waals surface area (Å²) in [5.41, 5.74) is 0.882. The quantitative estimate of drug-likeness (QED) is 0.624. The number of benzene rings is 1. The van der Waals surface area contributed by atoms with E-state index in [2.05, 4.69) is 20.4 Å². The lowest BCUT2D eigenvalue weighted by molar-refractivity contribution is 0.525. The Morgan fingerprint density at radius 3 is 2.91 bits per heavy atom. The van der Waals surface area contributed by atoms with Crippen LogP contribution in [0.1, 0.15) is 18.7 Å². The second-order valence-electron chi connectivity index (χ2n) is 5.27. The summed E-state index contributed by atoms with van der Waals surface area (Å²) in [5.74, 6) is 2.19. The lowest BCUT2D eigenvalue weighted by atomic mass is 10.2. The minimum atomic E-state index is -0.0235. The zero-order chi connectivity index (χ0) is 15.6. The molecular formula is C17H15N5O. The average molecular weight is 305 g/mol. The Balaban J connectivity index is 1.58. The van der Waals surface area contributed by atoms with Crippen LogP contribution < -0.4 is 5.32 Å². The number of anilines is 1. The fourth-order valence-electron chi connectivity index (χ4n) is 2.45. The largest absolute Gasteiger partial charge is 0.459 e. The topological polar surface area (TPSA) is 68.8 Å². The SMILES string of the molecule is C[C@@H](Nc1cncc(-n2cccn2)n1)c1cc2ccccc2o1. The maximum atomic E-state index is 5.88. The first-order valence-corrected chi connectivity index (χ1v) is 7.37. The highest BCUT2D eigenvalue weighted by Gasteiger charge is 2.12.